The van der Waals surface area contributed by atoms with Crippen LogP contribution in [0.15, 0.2) is 60.7 Å². The number of rotatable bonds is 6. The average Bonchev–Trinajstić information content (AvgIpc) is 2.52. The van der Waals surface area contributed by atoms with Crippen molar-refractivity contribution in [1.82, 2.24) is 4.58 Å². The zero-order valence-corrected chi connectivity index (χ0v) is 11.8. The van der Waals surface area contributed by atoms with Gasteiger partial charge in [-0.05, 0) is 30.5 Å². The third-order valence-electron chi connectivity index (χ3n) is 2.84. The largest absolute Gasteiger partial charge is 0.292 e. The number of nitrogens with zero attached hydrogens (tertiary/aromatic N) is 1. The Morgan fingerprint density at radius 1 is 1.00 bits per heavy atom. The van der Waals surface area contributed by atoms with Gasteiger partial charge in [0.15, 0.2) is 0 Å². The molecule has 0 saturated carbocycles. The Kier molecular flexibility index (Phi) is 5.59. The minimum atomic E-state index is -0.355. The molecule has 0 saturated heterocycles. The maximum atomic E-state index is 11.9. The van der Waals surface area contributed by atoms with Gasteiger partial charge in [0.25, 0.3) is 5.91 Å². The van der Waals surface area contributed by atoms with Gasteiger partial charge in [0.2, 0.25) is 0 Å². The van der Waals surface area contributed by atoms with Gasteiger partial charge in [0, 0.05) is 17.3 Å². The van der Waals surface area contributed by atoms with E-state index in [0.717, 1.165) is 17.4 Å². The van der Waals surface area contributed by atoms with Gasteiger partial charge < -0.3 is 0 Å². The van der Waals surface area contributed by atoms with Crippen LogP contribution in [0.5, 0.6) is 0 Å². The number of hydrogen-bond acceptors (Lipinski definition) is 2. The molecule has 2 aromatic carbocycles. The Labute approximate surface area is 123 Å². The Balaban J connectivity index is 1.73. The molecule has 0 bridgehead atoms. The number of carbonyl (C=O) groups is 1. The van der Waals surface area contributed by atoms with E-state index in [0.29, 0.717) is 12.2 Å². The lowest BCUT2D eigenvalue weighted by Crippen LogP contribution is -2.22. The van der Waals surface area contributed by atoms with Crippen molar-refractivity contribution < 1.29 is 9.63 Å². The number of carbonyl (C=O) groups excluding carboxylic acids is 1. The number of amides is 1. The van der Waals surface area contributed by atoms with Gasteiger partial charge in [-0.15, -0.1) is 4.58 Å². The fourth-order valence-electron chi connectivity index (χ4n) is 1.81. The first kappa shape index (κ1) is 14.6. The molecule has 0 N–H and O–H groups in total. The van der Waals surface area contributed by atoms with E-state index in [1.807, 2.05) is 24.3 Å². The lowest BCUT2D eigenvalue weighted by Gasteiger charge is -2.13. The third kappa shape index (κ3) is 4.37. The Morgan fingerprint density at radius 3 is 2.25 bits per heavy atom. The Bertz CT molecular complexity index is 531. The van der Waals surface area contributed by atoms with Crippen molar-refractivity contribution in [3.8, 4) is 0 Å². The first-order valence-corrected chi connectivity index (χ1v) is 6.83. The lowest BCUT2D eigenvalue weighted by molar-refractivity contribution is -0.0594. The molecule has 0 aromatic heterocycles. The monoisotopic (exact) mass is 289 g/mol. The molecule has 0 spiro atoms. The van der Waals surface area contributed by atoms with Crippen LogP contribution in [0.3, 0.4) is 0 Å². The molecule has 20 heavy (non-hydrogen) atoms. The number of aryl methyl sites for hydroxylation is 1. The number of hydrogen-bond donors (Lipinski definition) is 0. The summed E-state index contributed by atoms with van der Waals surface area (Å²) in [5.74, 6) is -0.355. The molecule has 0 radical (unpaired) electrons. The van der Waals surface area contributed by atoms with Crippen LogP contribution in [-0.4, -0.2) is 17.1 Å². The van der Waals surface area contributed by atoms with Gasteiger partial charge in [-0.1, -0.05) is 48.5 Å². The molecule has 2 aromatic rings. The van der Waals surface area contributed by atoms with Crippen LogP contribution in [0.4, 0.5) is 0 Å². The predicted molar refractivity (Wildman–Crippen MR) is 79.2 cm³/mol. The highest BCUT2D eigenvalue weighted by Gasteiger charge is 2.13. The van der Waals surface area contributed by atoms with Gasteiger partial charge >= 0.3 is 0 Å². The van der Waals surface area contributed by atoms with Crippen LogP contribution < -0.4 is 0 Å². The third-order valence-corrected chi connectivity index (χ3v) is 3.09. The summed E-state index contributed by atoms with van der Waals surface area (Å²) in [7, 11) is 0. The zero-order valence-electron chi connectivity index (χ0n) is 11.0. The molecular formula is C16H16ClNO2. The molecule has 0 fully saturated rings. The molecule has 1 amide bonds. The Hall–Kier alpha value is -1.84. The molecule has 2 rings (SSSR count). The van der Waals surface area contributed by atoms with Gasteiger partial charge in [-0.25, -0.2) is 0 Å². The van der Waals surface area contributed by atoms with Gasteiger partial charge in [-0.2, -0.15) is 0 Å². The van der Waals surface area contributed by atoms with Crippen LogP contribution in [0.25, 0.3) is 0 Å². The molecule has 0 unspecified atom stereocenters. The lowest BCUT2D eigenvalue weighted by atomic mass is 10.1. The number of halogens is 1. The van der Waals surface area contributed by atoms with E-state index in [2.05, 4.69) is 12.1 Å². The second-order valence-corrected chi connectivity index (χ2v) is 4.65. The molecule has 0 atom stereocenters. The standard InChI is InChI=1S/C16H16ClNO2/c17-18(16(19)15-11-5-2-6-12-15)20-13-7-10-14-8-3-1-4-9-14/h1-6,8-9,11-12H,7,10,13H2. The first-order valence-electron chi connectivity index (χ1n) is 6.49. The second-order valence-electron chi connectivity index (χ2n) is 4.34. The Morgan fingerprint density at radius 2 is 1.60 bits per heavy atom. The van der Waals surface area contributed by atoms with Gasteiger partial charge in [-0.3, -0.25) is 9.63 Å². The van der Waals surface area contributed by atoms with Crippen molar-refractivity contribution in [2.45, 2.75) is 12.8 Å². The molecule has 104 valence electrons. The summed E-state index contributed by atoms with van der Waals surface area (Å²) < 4.78 is 0.778. The smallest absolute Gasteiger partial charge is 0.265 e. The molecule has 4 heteroatoms. The summed E-state index contributed by atoms with van der Waals surface area (Å²) in [6.07, 6.45) is 1.69. The summed E-state index contributed by atoms with van der Waals surface area (Å²) >= 11 is 5.81. The topological polar surface area (TPSA) is 29.5 Å². The second kappa shape index (κ2) is 7.68. The molecule has 0 aliphatic heterocycles. The van der Waals surface area contributed by atoms with Crippen LogP contribution in [0.1, 0.15) is 22.3 Å². The van der Waals surface area contributed by atoms with E-state index >= 15 is 0 Å². The van der Waals surface area contributed by atoms with Crippen molar-refractivity contribution in [3.63, 3.8) is 0 Å². The minimum Gasteiger partial charge on any atom is -0.265 e. The van der Waals surface area contributed by atoms with Crippen LogP contribution in [-0.2, 0) is 11.3 Å². The highest BCUT2D eigenvalue weighted by atomic mass is 35.5. The summed E-state index contributed by atoms with van der Waals surface area (Å²) in [4.78, 5) is 17.1. The van der Waals surface area contributed by atoms with Crippen molar-refractivity contribution in [2.24, 2.45) is 0 Å². The summed E-state index contributed by atoms with van der Waals surface area (Å²) in [6.45, 7) is 0.400. The van der Waals surface area contributed by atoms with E-state index in [1.54, 1.807) is 24.3 Å². The predicted octanol–water partition coefficient (Wildman–Crippen LogP) is 3.85. The van der Waals surface area contributed by atoms with E-state index in [1.165, 1.54) is 5.56 Å². The first-order chi connectivity index (χ1) is 9.77. The van der Waals surface area contributed by atoms with Crippen molar-refractivity contribution in [1.29, 1.82) is 0 Å². The highest BCUT2D eigenvalue weighted by molar-refractivity contribution is 6.23. The maximum Gasteiger partial charge on any atom is 0.292 e. The SMILES string of the molecule is O=C(c1ccccc1)N(Cl)OCCCc1ccccc1. The quantitative estimate of drug-likeness (QED) is 0.459. The fourth-order valence-corrected chi connectivity index (χ4v) is 1.97. The molecular weight excluding hydrogens is 274 g/mol. The number of benzene rings is 2. The van der Waals surface area contributed by atoms with Crippen molar-refractivity contribution >= 4 is 17.7 Å². The fraction of sp³-hybridized carbons (Fsp3) is 0.188. The van der Waals surface area contributed by atoms with E-state index in [9.17, 15) is 4.79 Å². The highest BCUT2D eigenvalue weighted by Crippen LogP contribution is 2.09. The van der Waals surface area contributed by atoms with Crippen LogP contribution in [0, 0.1) is 0 Å². The summed E-state index contributed by atoms with van der Waals surface area (Å²) in [6, 6.07) is 18.9. The maximum absolute atomic E-state index is 11.9. The molecule has 0 aliphatic rings. The van der Waals surface area contributed by atoms with Crippen LogP contribution >= 0.6 is 11.8 Å². The van der Waals surface area contributed by atoms with Gasteiger partial charge in [0.1, 0.15) is 0 Å². The minimum absolute atomic E-state index is 0.355. The molecule has 3 nitrogen and oxygen atoms in total. The van der Waals surface area contributed by atoms with E-state index in [4.69, 9.17) is 16.6 Å². The number of hydroxylamine groups is 1. The van der Waals surface area contributed by atoms with Crippen molar-refractivity contribution in [3.05, 3.63) is 71.8 Å². The van der Waals surface area contributed by atoms with Crippen LogP contribution in [0.2, 0.25) is 0 Å². The normalized spacial score (nSPS) is 10.2. The molecule has 0 heterocycles. The van der Waals surface area contributed by atoms with E-state index in [-0.39, 0.29) is 5.91 Å². The van der Waals surface area contributed by atoms with E-state index < -0.39 is 0 Å². The molecule has 0 aliphatic carbocycles. The van der Waals surface area contributed by atoms with Gasteiger partial charge in [0.05, 0.1) is 6.61 Å². The van der Waals surface area contributed by atoms with Crippen molar-refractivity contribution in [2.75, 3.05) is 6.61 Å². The average molecular weight is 290 g/mol. The zero-order chi connectivity index (χ0) is 14.2. The summed E-state index contributed by atoms with van der Waals surface area (Å²) in [5, 5.41) is 0. The summed E-state index contributed by atoms with van der Waals surface area (Å²) in [5.41, 5.74) is 1.75.